The molecule has 0 aliphatic heterocycles. The van der Waals surface area contributed by atoms with Crippen molar-refractivity contribution in [3.63, 3.8) is 0 Å². The van der Waals surface area contributed by atoms with Crippen molar-refractivity contribution in [2.75, 3.05) is 0 Å². The van der Waals surface area contributed by atoms with Gasteiger partial charge in [-0.25, -0.2) is 0 Å². The molecule has 0 aliphatic rings. The molecule has 15 heavy (non-hydrogen) atoms. The van der Waals surface area contributed by atoms with E-state index < -0.39 is 0 Å². The van der Waals surface area contributed by atoms with Crippen LogP contribution in [0.1, 0.15) is 12.5 Å². The molecule has 6 heteroatoms. The van der Waals surface area contributed by atoms with Crippen molar-refractivity contribution in [2.45, 2.75) is 6.92 Å². The fourth-order valence-electron chi connectivity index (χ4n) is 1.01. The van der Waals surface area contributed by atoms with Gasteiger partial charge in [-0.15, -0.1) is 5.10 Å². The molecule has 0 fully saturated rings. The average Bonchev–Trinajstić information content (AvgIpc) is 2.18. The number of nitrogens with zero attached hydrogens (tertiary/aromatic N) is 1. The number of phenolic OH excluding ortho intramolecular Hbond substituents is 1. The lowest BCUT2D eigenvalue weighted by Gasteiger charge is -2.02. The Bertz CT molecular complexity index is 424. The van der Waals surface area contributed by atoms with Crippen LogP contribution in [0.4, 0.5) is 0 Å². The van der Waals surface area contributed by atoms with E-state index in [4.69, 9.17) is 23.1 Å². The van der Waals surface area contributed by atoms with Gasteiger partial charge in [0.2, 0.25) is 0 Å². The van der Waals surface area contributed by atoms with Crippen LogP contribution in [-0.4, -0.2) is 16.8 Å². The molecule has 0 radical (unpaired) electrons. The lowest BCUT2D eigenvalue weighted by atomic mass is 10.1. The van der Waals surface area contributed by atoms with E-state index in [0.717, 1.165) is 0 Å². The molecule has 1 aromatic rings. The fraction of sp³-hybridized carbons (Fsp3) is 0.111. The number of hydrogen-bond donors (Lipinski definition) is 4. The summed E-state index contributed by atoms with van der Waals surface area (Å²) in [5.74, 6) is 0.0777. The minimum Gasteiger partial charge on any atom is -0.507 e. The highest BCUT2D eigenvalue weighted by Crippen LogP contribution is 2.21. The predicted molar refractivity (Wildman–Crippen MR) is 59.7 cm³/mol. The summed E-state index contributed by atoms with van der Waals surface area (Å²) in [6.45, 7) is 1.70. The number of benzene rings is 1. The van der Waals surface area contributed by atoms with Gasteiger partial charge in [-0.2, -0.15) is 5.10 Å². The number of guanidine groups is 1. The summed E-state index contributed by atoms with van der Waals surface area (Å²) in [6, 6.07) is 4.68. The molecule has 0 saturated heterocycles. The minimum atomic E-state index is -0.0177. The van der Waals surface area contributed by atoms with Gasteiger partial charge in [0, 0.05) is 10.6 Å². The van der Waals surface area contributed by atoms with Gasteiger partial charge in [-0.05, 0) is 25.1 Å². The van der Waals surface area contributed by atoms with Gasteiger partial charge in [0.25, 0.3) is 0 Å². The molecule has 6 N–H and O–H groups in total. The largest absolute Gasteiger partial charge is 0.507 e. The summed E-state index contributed by atoms with van der Waals surface area (Å²) in [6.07, 6.45) is 0. The van der Waals surface area contributed by atoms with Crippen molar-refractivity contribution in [3.05, 3.63) is 28.8 Å². The number of nitrogens with two attached hydrogens (primary N) is 2. The van der Waals surface area contributed by atoms with Gasteiger partial charge in [0.1, 0.15) is 5.75 Å². The van der Waals surface area contributed by atoms with E-state index in [2.05, 4.69) is 10.2 Å². The molecule has 1 rings (SSSR count). The zero-order valence-corrected chi connectivity index (χ0v) is 8.92. The van der Waals surface area contributed by atoms with Crippen LogP contribution in [0.5, 0.6) is 5.75 Å². The first-order valence-corrected chi connectivity index (χ1v) is 4.55. The van der Waals surface area contributed by atoms with E-state index >= 15 is 0 Å². The summed E-state index contributed by atoms with van der Waals surface area (Å²) >= 11 is 5.78. The van der Waals surface area contributed by atoms with E-state index in [1.807, 2.05) is 0 Å². The molecular formula is C9H12ClN4O+. The summed E-state index contributed by atoms with van der Waals surface area (Å²) in [5.41, 5.74) is 11.4. The fourth-order valence-corrected chi connectivity index (χ4v) is 1.18. The Balaban J connectivity index is 3.10. The van der Waals surface area contributed by atoms with Crippen LogP contribution in [0.15, 0.2) is 23.3 Å². The van der Waals surface area contributed by atoms with Crippen LogP contribution >= 0.6 is 11.6 Å². The van der Waals surface area contributed by atoms with E-state index in [9.17, 15) is 5.11 Å². The Hall–Kier alpha value is -1.75. The van der Waals surface area contributed by atoms with Crippen molar-refractivity contribution in [3.8, 4) is 5.75 Å². The molecule has 0 amide bonds. The number of nitrogens with one attached hydrogen (secondary N) is 1. The summed E-state index contributed by atoms with van der Waals surface area (Å²) in [5, 5.41) is 16.3. The Morgan fingerprint density at radius 1 is 1.47 bits per heavy atom. The highest BCUT2D eigenvalue weighted by atomic mass is 35.5. The van der Waals surface area contributed by atoms with E-state index in [1.54, 1.807) is 19.1 Å². The quantitative estimate of drug-likeness (QED) is 0.300. The highest BCUT2D eigenvalue weighted by molar-refractivity contribution is 6.31. The van der Waals surface area contributed by atoms with E-state index in [1.165, 1.54) is 6.07 Å². The van der Waals surface area contributed by atoms with Crippen molar-refractivity contribution in [2.24, 2.45) is 16.6 Å². The number of hydrazone groups is 1. The normalized spacial score (nSPS) is 11.2. The second-order valence-electron chi connectivity index (χ2n) is 2.93. The molecule has 0 unspecified atom stereocenters. The molecule has 0 aromatic heterocycles. The zero-order valence-electron chi connectivity index (χ0n) is 8.16. The third-order valence-corrected chi connectivity index (χ3v) is 1.94. The lowest BCUT2D eigenvalue weighted by Crippen LogP contribution is -2.72. The molecule has 0 spiro atoms. The van der Waals surface area contributed by atoms with Crippen LogP contribution in [-0.2, 0) is 0 Å². The third kappa shape index (κ3) is 3.14. The average molecular weight is 228 g/mol. The molecule has 5 nitrogen and oxygen atoms in total. The second kappa shape index (κ2) is 4.65. The standard InChI is InChI=1S/C9H11ClN4O/c1-5(13-14-9(11)12)7-4-6(10)2-3-8(7)15/h2-4,15H,1H3,(H4,11,12,14)/p+1/b13-5+. The van der Waals surface area contributed by atoms with E-state index in [0.29, 0.717) is 16.3 Å². The molecular weight excluding hydrogens is 216 g/mol. The second-order valence-corrected chi connectivity index (χ2v) is 3.36. The smallest absolute Gasteiger partial charge is 0.362 e. The molecule has 0 saturated carbocycles. The van der Waals surface area contributed by atoms with Gasteiger partial charge in [-0.3, -0.25) is 11.5 Å². The number of hydrogen-bond acceptors (Lipinski definition) is 2. The van der Waals surface area contributed by atoms with Gasteiger partial charge in [0.05, 0.1) is 5.71 Å². The first-order valence-electron chi connectivity index (χ1n) is 4.18. The SMILES string of the molecule is C/C(=N\[NH+]=C(N)N)c1cc(Cl)ccc1O. The molecule has 0 bridgehead atoms. The number of rotatable bonds is 2. The minimum absolute atomic E-state index is 0.0177. The van der Waals surface area contributed by atoms with E-state index in [-0.39, 0.29) is 11.7 Å². The Labute approximate surface area is 92.1 Å². The molecule has 0 atom stereocenters. The van der Waals surface area contributed by atoms with Crippen molar-refractivity contribution in [1.29, 1.82) is 0 Å². The Morgan fingerprint density at radius 3 is 2.73 bits per heavy atom. The first-order chi connectivity index (χ1) is 7.00. The van der Waals surface area contributed by atoms with Gasteiger partial charge in [0.15, 0.2) is 0 Å². The lowest BCUT2D eigenvalue weighted by molar-refractivity contribution is -0.464. The maximum absolute atomic E-state index is 9.53. The van der Waals surface area contributed by atoms with Gasteiger partial charge >= 0.3 is 5.96 Å². The topological polar surface area (TPSA) is 98.6 Å². The zero-order chi connectivity index (χ0) is 11.4. The monoisotopic (exact) mass is 227 g/mol. The number of phenols is 1. The summed E-state index contributed by atoms with van der Waals surface area (Å²) in [4.78, 5) is 0. The molecule has 80 valence electrons. The van der Waals surface area contributed by atoms with Gasteiger partial charge in [-0.1, -0.05) is 11.6 Å². The molecule has 0 aliphatic carbocycles. The van der Waals surface area contributed by atoms with Crippen molar-refractivity contribution >= 4 is 23.3 Å². The number of halogens is 1. The van der Waals surface area contributed by atoms with Crippen molar-refractivity contribution < 1.29 is 10.2 Å². The van der Waals surface area contributed by atoms with Crippen LogP contribution < -0.4 is 16.6 Å². The first kappa shape index (κ1) is 11.3. The predicted octanol–water partition coefficient (Wildman–Crippen LogP) is -0.876. The maximum Gasteiger partial charge on any atom is 0.362 e. The van der Waals surface area contributed by atoms with Crippen LogP contribution in [0.2, 0.25) is 5.02 Å². The van der Waals surface area contributed by atoms with Crippen molar-refractivity contribution in [1.82, 2.24) is 0 Å². The Kier molecular flexibility index (Phi) is 3.51. The molecule has 1 aromatic carbocycles. The maximum atomic E-state index is 9.53. The number of aromatic hydroxyl groups is 1. The summed E-state index contributed by atoms with van der Waals surface area (Å²) < 4.78 is 0. The van der Waals surface area contributed by atoms with Gasteiger partial charge < -0.3 is 5.11 Å². The highest BCUT2D eigenvalue weighted by Gasteiger charge is 2.05. The van der Waals surface area contributed by atoms with Crippen LogP contribution in [0.3, 0.4) is 0 Å². The third-order valence-electron chi connectivity index (χ3n) is 1.70. The van der Waals surface area contributed by atoms with Crippen LogP contribution in [0.25, 0.3) is 0 Å². The molecule has 0 heterocycles. The Morgan fingerprint density at radius 2 is 2.13 bits per heavy atom. The van der Waals surface area contributed by atoms with Crippen LogP contribution in [0, 0.1) is 0 Å². The summed E-state index contributed by atoms with van der Waals surface area (Å²) in [7, 11) is 0.